The topological polar surface area (TPSA) is 116 Å². The van der Waals surface area contributed by atoms with Crippen molar-refractivity contribution in [3.05, 3.63) is 80.3 Å². The first-order valence-electron chi connectivity index (χ1n) is 9.75. The Morgan fingerprint density at radius 3 is 2.61 bits per heavy atom. The SMILES string of the molecule is Cc1nn(-c2ccccc2)c2sc(C(=O)OC(C)C(=O)Nc3ccc([N+](=O)[O-])cc3Cl)cc12. The van der Waals surface area contributed by atoms with Crippen LogP contribution in [0.25, 0.3) is 15.9 Å². The number of para-hydroxylation sites is 1. The number of esters is 1. The highest BCUT2D eigenvalue weighted by Crippen LogP contribution is 2.31. The predicted molar refractivity (Wildman–Crippen MR) is 125 cm³/mol. The standard InChI is InChI=1S/C22H17ClN4O5S/c1-12-16-11-19(33-21(16)26(25-12)14-6-4-3-5-7-14)22(29)32-13(2)20(28)24-18-9-8-15(27(30)31)10-17(18)23/h3-11,13H,1-2H3,(H,24,28). The molecule has 9 nitrogen and oxygen atoms in total. The number of rotatable bonds is 6. The Kier molecular flexibility index (Phi) is 6.12. The molecule has 0 radical (unpaired) electrons. The molecule has 0 fully saturated rings. The van der Waals surface area contributed by atoms with Crippen LogP contribution >= 0.6 is 22.9 Å². The van der Waals surface area contributed by atoms with Gasteiger partial charge >= 0.3 is 5.97 Å². The second kappa shape index (κ2) is 9.00. The Morgan fingerprint density at radius 1 is 1.21 bits per heavy atom. The molecular weight excluding hydrogens is 468 g/mol. The second-order valence-corrected chi connectivity index (χ2v) is 8.56. The number of halogens is 1. The van der Waals surface area contributed by atoms with Gasteiger partial charge < -0.3 is 10.1 Å². The van der Waals surface area contributed by atoms with Gasteiger partial charge in [-0.25, -0.2) is 9.48 Å². The van der Waals surface area contributed by atoms with Gasteiger partial charge in [-0.15, -0.1) is 11.3 Å². The predicted octanol–water partition coefficient (Wildman–Crippen LogP) is 5.14. The van der Waals surface area contributed by atoms with Crippen molar-refractivity contribution in [2.24, 2.45) is 0 Å². The number of thiophene rings is 1. The molecule has 1 unspecified atom stereocenters. The fourth-order valence-electron chi connectivity index (χ4n) is 3.12. The van der Waals surface area contributed by atoms with Crippen molar-refractivity contribution in [3.63, 3.8) is 0 Å². The van der Waals surface area contributed by atoms with E-state index in [1.165, 1.54) is 30.4 Å². The van der Waals surface area contributed by atoms with Gasteiger partial charge in [-0.2, -0.15) is 5.10 Å². The lowest BCUT2D eigenvalue weighted by Gasteiger charge is -2.13. The number of hydrogen-bond acceptors (Lipinski definition) is 7. The van der Waals surface area contributed by atoms with Crippen LogP contribution in [0.1, 0.15) is 22.3 Å². The summed E-state index contributed by atoms with van der Waals surface area (Å²) < 4.78 is 7.10. The van der Waals surface area contributed by atoms with E-state index in [0.717, 1.165) is 27.7 Å². The second-order valence-electron chi connectivity index (χ2n) is 7.12. The molecule has 168 valence electrons. The summed E-state index contributed by atoms with van der Waals surface area (Å²) >= 11 is 7.22. The number of benzene rings is 2. The molecule has 2 heterocycles. The zero-order valence-corrected chi connectivity index (χ0v) is 19.0. The van der Waals surface area contributed by atoms with Gasteiger partial charge in [-0.3, -0.25) is 14.9 Å². The third-order valence-electron chi connectivity index (χ3n) is 4.82. The number of nitrogens with one attached hydrogen (secondary N) is 1. The Labute approximate surface area is 196 Å². The zero-order valence-electron chi connectivity index (χ0n) is 17.4. The summed E-state index contributed by atoms with van der Waals surface area (Å²) in [7, 11) is 0. The Balaban J connectivity index is 1.49. The molecule has 0 aliphatic heterocycles. The number of nitrogens with zero attached hydrogens (tertiary/aromatic N) is 3. The number of nitro benzene ring substituents is 1. The molecule has 4 rings (SSSR count). The summed E-state index contributed by atoms with van der Waals surface area (Å²) in [6, 6.07) is 14.9. The maximum atomic E-state index is 12.7. The highest BCUT2D eigenvalue weighted by atomic mass is 35.5. The van der Waals surface area contributed by atoms with Gasteiger partial charge in [0, 0.05) is 17.5 Å². The minimum absolute atomic E-state index is 0.00141. The largest absolute Gasteiger partial charge is 0.448 e. The lowest BCUT2D eigenvalue weighted by Crippen LogP contribution is -2.29. The van der Waals surface area contributed by atoms with E-state index in [4.69, 9.17) is 16.3 Å². The highest BCUT2D eigenvalue weighted by Gasteiger charge is 2.23. The van der Waals surface area contributed by atoms with Crippen LogP contribution in [-0.4, -0.2) is 32.7 Å². The smallest absolute Gasteiger partial charge is 0.349 e. The van der Waals surface area contributed by atoms with Crippen molar-refractivity contribution >= 4 is 56.4 Å². The number of hydrogen-bond donors (Lipinski definition) is 1. The van der Waals surface area contributed by atoms with Crippen LogP contribution in [0.5, 0.6) is 0 Å². The number of amides is 1. The van der Waals surface area contributed by atoms with Crippen LogP contribution in [0, 0.1) is 17.0 Å². The fourth-order valence-corrected chi connectivity index (χ4v) is 4.41. The molecule has 1 N–H and O–H groups in total. The lowest BCUT2D eigenvalue weighted by molar-refractivity contribution is -0.384. The number of non-ortho nitro benzene ring substituents is 1. The number of carbonyl (C=O) groups is 2. The van der Waals surface area contributed by atoms with Gasteiger partial charge in [0.05, 0.1) is 27.0 Å². The fraction of sp³-hybridized carbons (Fsp3) is 0.136. The van der Waals surface area contributed by atoms with Gasteiger partial charge in [0.25, 0.3) is 11.6 Å². The molecule has 1 atom stereocenters. The number of anilines is 1. The minimum Gasteiger partial charge on any atom is -0.448 e. The number of ether oxygens (including phenoxy) is 1. The number of nitro groups is 1. The monoisotopic (exact) mass is 484 g/mol. The maximum Gasteiger partial charge on any atom is 0.349 e. The average molecular weight is 485 g/mol. The summed E-state index contributed by atoms with van der Waals surface area (Å²) in [6.07, 6.45) is -1.12. The van der Waals surface area contributed by atoms with Crippen molar-refractivity contribution in [2.75, 3.05) is 5.32 Å². The summed E-state index contributed by atoms with van der Waals surface area (Å²) in [6.45, 7) is 3.28. The number of aromatic nitrogens is 2. The zero-order chi connectivity index (χ0) is 23.7. The van der Waals surface area contributed by atoms with Crippen LogP contribution < -0.4 is 5.32 Å². The van der Waals surface area contributed by atoms with Crippen LogP contribution in [-0.2, 0) is 9.53 Å². The molecule has 0 aliphatic carbocycles. The Bertz CT molecular complexity index is 1380. The molecule has 33 heavy (non-hydrogen) atoms. The summed E-state index contributed by atoms with van der Waals surface area (Å²) in [5, 5.41) is 18.7. The third-order valence-corrected chi connectivity index (χ3v) is 6.22. The van der Waals surface area contributed by atoms with Crippen molar-refractivity contribution in [2.45, 2.75) is 20.0 Å². The van der Waals surface area contributed by atoms with E-state index in [0.29, 0.717) is 4.88 Å². The van der Waals surface area contributed by atoms with Crippen molar-refractivity contribution in [1.29, 1.82) is 0 Å². The number of fused-ring (bicyclic) bond motifs is 1. The molecular formula is C22H17ClN4O5S. The molecule has 0 spiro atoms. The quantitative estimate of drug-likeness (QED) is 0.230. The highest BCUT2D eigenvalue weighted by molar-refractivity contribution is 7.20. The van der Waals surface area contributed by atoms with Gasteiger partial charge in [0.2, 0.25) is 0 Å². The minimum atomic E-state index is -1.12. The van der Waals surface area contributed by atoms with E-state index in [-0.39, 0.29) is 16.4 Å². The summed E-state index contributed by atoms with van der Waals surface area (Å²) in [4.78, 5) is 36.5. The normalized spacial score (nSPS) is 11.8. The van der Waals surface area contributed by atoms with Crippen LogP contribution in [0.4, 0.5) is 11.4 Å². The van der Waals surface area contributed by atoms with E-state index < -0.39 is 22.9 Å². The third kappa shape index (κ3) is 4.57. The van der Waals surface area contributed by atoms with Crippen LogP contribution in [0.2, 0.25) is 5.02 Å². The average Bonchev–Trinajstić information content (AvgIpc) is 3.36. The number of aryl methyl sites for hydroxylation is 1. The Hall–Kier alpha value is -3.76. The van der Waals surface area contributed by atoms with Crippen molar-refractivity contribution in [3.8, 4) is 5.69 Å². The van der Waals surface area contributed by atoms with Gasteiger partial charge in [0.1, 0.15) is 9.71 Å². The first kappa shape index (κ1) is 22.4. The maximum absolute atomic E-state index is 12.7. The van der Waals surface area contributed by atoms with E-state index in [1.807, 2.05) is 37.3 Å². The molecule has 0 aliphatic rings. The van der Waals surface area contributed by atoms with Crippen LogP contribution in [0.15, 0.2) is 54.6 Å². The van der Waals surface area contributed by atoms with Crippen LogP contribution in [0.3, 0.4) is 0 Å². The molecule has 11 heteroatoms. The first-order valence-corrected chi connectivity index (χ1v) is 10.9. The lowest BCUT2D eigenvalue weighted by atomic mass is 10.2. The van der Waals surface area contributed by atoms with Gasteiger partial charge in [-0.05, 0) is 38.1 Å². The summed E-state index contributed by atoms with van der Waals surface area (Å²) in [5.41, 5.74) is 1.61. The molecule has 2 aromatic carbocycles. The molecule has 0 bridgehead atoms. The van der Waals surface area contributed by atoms with Gasteiger partial charge in [0.15, 0.2) is 6.10 Å². The van der Waals surface area contributed by atoms with E-state index in [1.54, 1.807) is 10.7 Å². The van der Waals surface area contributed by atoms with Gasteiger partial charge in [-0.1, -0.05) is 29.8 Å². The summed E-state index contributed by atoms with van der Waals surface area (Å²) in [5.74, 6) is -1.26. The van der Waals surface area contributed by atoms with E-state index in [2.05, 4.69) is 10.4 Å². The van der Waals surface area contributed by atoms with Crippen molar-refractivity contribution < 1.29 is 19.2 Å². The molecule has 0 saturated carbocycles. The number of carbonyl (C=O) groups excluding carboxylic acids is 2. The van der Waals surface area contributed by atoms with E-state index >= 15 is 0 Å². The van der Waals surface area contributed by atoms with E-state index in [9.17, 15) is 19.7 Å². The van der Waals surface area contributed by atoms with Crippen molar-refractivity contribution in [1.82, 2.24) is 9.78 Å². The first-order chi connectivity index (χ1) is 15.7. The molecule has 0 saturated heterocycles. The Morgan fingerprint density at radius 2 is 1.94 bits per heavy atom. The molecule has 1 amide bonds. The molecule has 4 aromatic rings. The molecule has 2 aromatic heterocycles.